The van der Waals surface area contributed by atoms with Crippen molar-refractivity contribution < 1.29 is 17.9 Å². The summed E-state index contributed by atoms with van der Waals surface area (Å²) < 4.78 is 33.2. The normalized spacial score (nSPS) is 14.4. The summed E-state index contributed by atoms with van der Waals surface area (Å²) >= 11 is 6.10. The van der Waals surface area contributed by atoms with Gasteiger partial charge in [-0.3, -0.25) is 9.52 Å². The maximum absolute atomic E-state index is 12.8. The second-order valence-electron chi connectivity index (χ2n) is 6.07. The molecule has 0 radical (unpaired) electrons. The van der Waals surface area contributed by atoms with Crippen molar-refractivity contribution in [2.45, 2.75) is 24.2 Å². The number of carbonyl (C=O) groups excluding carboxylic acids is 1. The summed E-state index contributed by atoms with van der Waals surface area (Å²) in [7, 11) is -2.50. The minimum Gasteiger partial charge on any atom is -0.495 e. The molecular formula is C18H19ClN2O4S. The number of halogens is 1. The quantitative estimate of drug-likeness (QED) is 0.778. The van der Waals surface area contributed by atoms with Gasteiger partial charge < -0.3 is 10.1 Å². The fourth-order valence-corrected chi connectivity index (χ4v) is 4.23. The van der Waals surface area contributed by atoms with Crippen molar-refractivity contribution in [2.24, 2.45) is 5.92 Å². The lowest BCUT2D eigenvalue weighted by Crippen LogP contribution is -2.28. The number of methoxy groups -OCH3 is 1. The Morgan fingerprint density at radius 2 is 1.92 bits per heavy atom. The van der Waals surface area contributed by atoms with Gasteiger partial charge >= 0.3 is 0 Å². The molecule has 26 heavy (non-hydrogen) atoms. The van der Waals surface area contributed by atoms with E-state index in [1.165, 1.54) is 19.2 Å². The summed E-state index contributed by atoms with van der Waals surface area (Å²) in [5.74, 6) is 0.290. The molecule has 0 saturated heterocycles. The lowest BCUT2D eigenvalue weighted by molar-refractivity contribution is -0.122. The van der Waals surface area contributed by atoms with Crippen LogP contribution >= 0.6 is 11.6 Å². The number of ether oxygens (including phenoxy) is 1. The van der Waals surface area contributed by atoms with Gasteiger partial charge in [-0.1, -0.05) is 30.2 Å². The molecule has 0 heterocycles. The topological polar surface area (TPSA) is 84.5 Å². The number of rotatable bonds is 6. The van der Waals surface area contributed by atoms with Gasteiger partial charge in [-0.05, 0) is 43.2 Å². The first kappa shape index (κ1) is 18.5. The van der Waals surface area contributed by atoms with Crippen LogP contribution in [0.25, 0.3) is 0 Å². The average Bonchev–Trinajstić information content (AvgIpc) is 2.55. The van der Waals surface area contributed by atoms with Crippen LogP contribution < -0.4 is 14.8 Å². The molecule has 1 fully saturated rings. The summed E-state index contributed by atoms with van der Waals surface area (Å²) in [6, 6.07) is 11.1. The van der Waals surface area contributed by atoms with Crippen LogP contribution in [0, 0.1) is 5.92 Å². The molecule has 2 N–H and O–H groups in total. The molecule has 0 aromatic heterocycles. The second kappa shape index (κ2) is 7.55. The standard InChI is InChI=1S/C18H19ClN2O4S/c1-25-16-8-3-2-7-15(16)21-26(23,24)17-11-13(9-10-14(17)19)20-18(22)12-5-4-6-12/h2-3,7-12,21H,4-6H2,1H3,(H,20,22). The van der Waals surface area contributed by atoms with Crippen LogP contribution in [0.4, 0.5) is 11.4 Å². The summed E-state index contributed by atoms with van der Waals surface area (Å²) in [4.78, 5) is 12.0. The maximum Gasteiger partial charge on any atom is 0.263 e. The molecule has 2 aromatic rings. The number of hydrogen-bond donors (Lipinski definition) is 2. The Kier molecular flexibility index (Phi) is 5.38. The van der Waals surface area contributed by atoms with Crippen molar-refractivity contribution in [1.82, 2.24) is 0 Å². The van der Waals surface area contributed by atoms with E-state index in [9.17, 15) is 13.2 Å². The smallest absolute Gasteiger partial charge is 0.263 e. The summed E-state index contributed by atoms with van der Waals surface area (Å²) in [5, 5.41) is 2.82. The van der Waals surface area contributed by atoms with Gasteiger partial charge in [-0.15, -0.1) is 0 Å². The predicted octanol–water partition coefficient (Wildman–Crippen LogP) is 3.89. The highest BCUT2D eigenvalue weighted by Gasteiger charge is 2.26. The Morgan fingerprint density at radius 1 is 1.19 bits per heavy atom. The van der Waals surface area contributed by atoms with E-state index in [0.717, 1.165) is 19.3 Å². The zero-order chi connectivity index (χ0) is 18.7. The highest BCUT2D eigenvalue weighted by molar-refractivity contribution is 7.92. The van der Waals surface area contributed by atoms with Crippen LogP contribution in [0.15, 0.2) is 47.4 Å². The zero-order valence-corrected chi connectivity index (χ0v) is 15.7. The van der Waals surface area contributed by atoms with E-state index in [1.807, 2.05) is 0 Å². The molecule has 0 aliphatic heterocycles. The molecule has 0 unspecified atom stereocenters. The van der Waals surface area contributed by atoms with Gasteiger partial charge in [0.25, 0.3) is 10.0 Å². The first-order valence-electron chi connectivity index (χ1n) is 8.17. The molecule has 138 valence electrons. The van der Waals surface area contributed by atoms with Gasteiger partial charge in [0.15, 0.2) is 0 Å². The van der Waals surface area contributed by atoms with Gasteiger partial charge in [-0.25, -0.2) is 8.42 Å². The Balaban J connectivity index is 1.86. The van der Waals surface area contributed by atoms with Gasteiger partial charge in [0.05, 0.1) is 17.8 Å². The molecule has 1 amide bonds. The Bertz CT molecular complexity index is 927. The van der Waals surface area contributed by atoms with E-state index in [4.69, 9.17) is 16.3 Å². The second-order valence-corrected chi connectivity index (χ2v) is 8.13. The fourth-order valence-electron chi connectivity index (χ4n) is 2.63. The van der Waals surface area contributed by atoms with Crippen LogP contribution in [0.5, 0.6) is 5.75 Å². The minimum absolute atomic E-state index is 0.00237. The van der Waals surface area contributed by atoms with Gasteiger partial charge in [0.1, 0.15) is 10.6 Å². The van der Waals surface area contributed by atoms with Crippen molar-refractivity contribution in [3.63, 3.8) is 0 Å². The number of nitrogens with one attached hydrogen (secondary N) is 2. The Hall–Kier alpha value is -2.25. The van der Waals surface area contributed by atoms with Crippen molar-refractivity contribution >= 4 is 38.9 Å². The number of sulfonamides is 1. The first-order valence-corrected chi connectivity index (χ1v) is 10.0. The van der Waals surface area contributed by atoms with Gasteiger partial charge in [0.2, 0.25) is 5.91 Å². The average molecular weight is 395 g/mol. The molecule has 1 aliphatic carbocycles. The van der Waals surface area contributed by atoms with Crippen molar-refractivity contribution in [2.75, 3.05) is 17.1 Å². The van der Waals surface area contributed by atoms with E-state index in [1.54, 1.807) is 30.3 Å². The molecule has 0 atom stereocenters. The number of benzene rings is 2. The largest absolute Gasteiger partial charge is 0.495 e. The third-order valence-corrected chi connectivity index (χ3v) is 6.16. The van der Waals surface area contributed by atoms with E-state index in [-0.39, 0.29) is 21.7 Å². The molecule has 3 rings (SSSR count). The predicted molar refractivity (Wildman–Crippen MR) is 101 cm³/mol. The lowest BCUT2D eigenvalue weighted by atomic mass is 9.85. The highest BCUT2D eigenvalue weighted by atomic mass is 35.5. The van der Waals surface area contributed by atoms with E-state index in [2.05, 4.69) is 10.0 Å². The Labute approximate surface area is 157 Å². The lowest BCUT2D eigenvalue weighted by Gasteiger charge is -2.24. The monoisotopic (exact) mass is 394 g/mol. The van der Waals surface area contributed by atoms with Crippen LogP contribution in [0.1, 0.15) is 19.3 Å². The molecule has 8 heteroatoms. The van der Waals surface area contributed by atoms with Crippen LogP contribution in [-0.2, 0) is 14.8 Å². The van der Waals surface area contributed by atoms with Crippen molar-refractivity contribution in [3.8, 4) is 5.75 Å². The van der Waals surface area contributed by atoms with Crippen LogP contribution in [0.2, 0.25) is 5.02 Å². The molecule has 6 nitrogen and oxygen atoms in total. The van der Waals surface area contributed by atoms with Crippen LogP contribution in [0.3, 0.4) is 0 Å². The molecule has 0 bridgehead atoms. The third-order valence-electron chi connectivity index (χ3n) is 4.32. The van der Waals surface area contributed by atoms with E-state index < -0.39 is 10.0 Å². The van der Waals surface area contributed by atoms with E-state index >= 15 is 0 Å². The number of para-hydroxylation sites is 2. The van der Waals surface area contributed by atoms with Crippen LogP contribution in [-0.4, -0.2) is 21.4 Å². The molecule has 2 aromatic carbocycles. The summed E-state index contributed by atoms with van der Waals surface area (Å²) in [5.41, 5.74) is 0.696. The van der Waals surface area contributed by atoms with Crippen molar-refractivity contribution in [1.29, 1.82) is 0 Å². The SMILES string of the molecule is COc1ccccc1NS(=O)(=O)c1cc(NC(=O)C2CCC2)ccc1Cl. The van der Waals surface area contributed by atoms with Crippen molar-refractivity contribution in [3.05, 3.63) is 47.5 Å². The molecule has 1 aliphatic rings. The molecular weight excluding hydrogens is 376 g/mol. The number of hydrogen-bond acceptors (Lipinski definition) is 4. The highest BCUT2D eigenvalue weighted by Crippen LogP contribution is 2.31. The fraction of sp³-hybridized carbons (Fsp3) is 0.278. The zero-order valence-electron chi connectivity index (χ0n) is 14.2. The minimum atomic E-state index is -3.96. The maximum atomic E-state index is 12.8. The number of carbonyl (C=O) groups is 1. The van der Waals surface area contributed by atoms with Gasteiger partial charge in [0, 0.05) is 11.6 Å². The third kappa shape index (κ3) is 3.94. The Morgan fingerprint density at radius 3 is 2.58 bits per heavy atom. The number of anilines is 2. The summed E-state index contributed by atoms with van der Waals surface area (Å²) in [6.07, 6.45) is 2.76. The molecule has 0 spiro atoms. The number of amides is 1. The van der Waals surface area contributed by atoms with E-state index in [0.29, 0.717) is 17.1 Å². The molecule has 1 saturated carbocycles. The first-order chi connectivity index (χ1) is 12.4. The van der Waals surface area contributed by atoms with Gasteiger partial charge in [-0.2, -0.15) is 0 Å². The summed E-state index contributed by atoms with van der Waals surface area (Å²) in [6.45, 7) is 0.